The minimum absolute atomic E-state index is 0.146. The summed E-state index contributed by atoms with van der Waals surface area (Å²) in [6.07, 6.45) is -1.12. The Bertz CT molecular complexity index is 1530. The zero-order valence-corrected chi connectivity index (χ0v) is 21.3. The first-order valence-electron chi connectivity index (χ1n) is 12.6. The van der Waals surface area contributed by atoms with E-state index in [2.05, 4.69) is 27.2 Å². The highest BCUT2D eigenvalue weighted by atomic mass is 19.2. The van der Waals surface area contributed by atoms with Crippen LogP contribution in [0.5, 0.6) is 0 Å². The number of hydrogen-bond donors (Lipinski definition) is 2. The van der Waals surface area contributed by atoms with Crippen molar-refractivity contribution in [3.8, 4) is 11.1 Å². The van der Waals surface area contributed by atoms with E-state index in [1.807, 2.05) is 0 Å². The van der Waals surface area contributed by atoms with Crippen molar-refractivity contribution < 1.29 is 22.4 Å². The summed E-state index contributed by atoms with van der Waals surface area (Å²) >= 11 is 0. The van der Waals surface area contributed by atoms with Gasteiger partial charge in [-0.15, -0.1) is 0 Å². The second-order valence-electron chi connectivity index (χ2n) is 9.16. The zero-order chi connectivity index (χ0) is 28.2. The van der Waals surface area contributed by atoms with Gasteiger partial charge in [0.1, 0.15) is 12.5 Å². The molecule has 1 aliphatic rings. The first-order valence-corrected chi connectivity index (χ1v) is 12.6. The lowest BCUT2D eigenvalue weighted by atomic mass is 10.0. The van der Waals surface area contributed by atoms with Gasteiger partial charge in [-0.2, -0.15) is 0 Å². The van der Waals surface area contributed by atoms with Crippen LogP contribution in [-0.2, 0) is 4.79 Å². The third-order valence-electron chi connectivity index (χ3n) is 6.63. The third kappa shape index (κ3) is 5.59. The number of hydrogen-bond acceptors (Lipinski definition) is 6. The summed E-state index contributed by atoms with van der Waals surface area (Å²) in [5.41, 5.74) is 2.66. The number of carbonyl (C=O) groups excluding carboxylic acids is 1. The maximum absolute atomic E-state index is 15.1. The molecule has 2 N–H and O–H groups in total. The van der Waals surface area contributed by atoms with Crippen molar-refractivity contribution in [3.63, 3.8) is 0 Å². The predicted octanol–water partition coefficient (Wildman–Crippen LogP) is 5.99. The predicted molar refractivity (Wildman–Crippen MR) is 148 cm³/mol. The molecule has 7 nitrogen and oxygen atoms in total. The van der Waals surface area contributed by atoms with Crippen molar-refractivity contribution >= 4 is 39.8 Å². The van der Waals surface area contributed by atoms with Crippen molar-refractivity contribution in [1.29, 1.82) is 0 Å². The van der Waals surface area contributed by atoms with Gasteiger partial charge < -0.3 is 15.5 Å². The summed E-state index contributed by atoms with van der Waals surface area (Å²) in [5, 5.41) is 6.34. The Kier molecular flexibility index (Phi) is 7.92. The highest BCUT2D eigenvalue weighted by Crippen LogP contribution is 2.33. The molecule has 2 unspecified atom stereocenters. The second-order valence-corrected chi connectivity index (χ2v) is 9.16. The largest absolute Gasteiger partial charge is 0.337 e. The van der Waals surface area contributed by atoms with Crippen LogP contribution in [0.1, 0.15) is 0 Å². The number of aromatic nitrogens is 2. The first kappa shape index (κ1) is 27.1. The Morgan fingerprint density at radius 1 is 1.05 bits per heavy atom. The molecule has 1 fully saturated rings. The Labute approximate surface area is 228 Å². The Morgan fingerprint density at radius 3 is 2.60 bits per heavy atom. The molecule has 40 heavy (non-hydrogen) atoms. The molecule has 206 valence electrons. The molecule has 2 heterocycles. The molecule has 0 bridgehead atoms. The Morgan fingerprint density at radius 2 is 1.85 bits per heavy atom. The van der Waals surface area contributed by atoms with Gasteiger partial charge in [-0.05, 0) is 60.2 Å². The molecule has 1 aromatic heterocycles. The molecule has 5 rings (SSSR count). The maximum atomic E-state index is 15.1. The van der Waals surface area contributed by atoms with Crippen LogP contribution < -0.4 is 15.5 Å². The van der Waals surface area contributed by atoms with E-state index in [0.717, 1.165) is 11.0 Å². The molecule has 1 amide bonds. The number of nitrogens with one attached hydrogen (secondary N) is 2. The smallest absolute Gasteiger partial charge is 0.247 e. The van der Waals surface area contributed by atoms with Gasteiger partial charge in [0, 0.05) is 53.8 Å². The van der Waals surface area contributed by atoms with Gasteiger partial charge in [0.25, 0.3) is 0 Å². The standard InChI is InChI=1S/C29H26F4N6O/c1-2-24(40)35-21-5-3-4-18(16-21)25-23(31)11-6-19-17-34-29(37-26(19)25)36-20-7-9-22(10-8-20)39-15-14-38(13-12-30)27(32)28(39)33/h2-11,16-17,27-28H,1,12-15H2,(H,35,40)(H,34,36,37). The molecule has 0 saturated carbocycles. The molecule has 0 aliphatic carbocycles. The Hall–Kier alpha value is -4.51. The summed E-state index contributed by atoms with van der Waals surface area (Å²) in [6.45, 7) is 2.98. The van der Waals surface area contributed by atoms with Gasteiger partial charge >= 0.3 is 0 Å². The van der Waals surface area contributed by atoms with Crippen LogP contribution in [0, 0.1) is 5.82 Å². The fourth-order valence-corrected chi connectivity index (χ4v) is 4.64. The van der Waals surface area contributed by atoms with Crippen molar-refractivity contribution in [2.24, 2.45) is 0 Å². The lowest BCUT2D eigenvalue weighted by Crippen LogP contribution is -2.56. The number of amides is 1. The van der Waals surface area contributed by atoms with Crippen molar-refractivity contribution in [3.05, 3.63) is 85.3 Å². The summed E-state index contributed by atoms with van der Waals surface area (Å²) in [6, 6.07) is 16.3. The van der Waals surface area contributed by atoms with E-state index in [-0.39, 0.29) is 37.1 Å². The number of piperazine rings is 1. The Balaban J connectivity index is 1.39. The van der Waals surface area contributed by atoms with Crippen LogP contribution in [0.15, 0.2) is 79.5 Å². The maximum Gasteiger partial charge on any atom is 0.247 e. The fraction of sp³-hybridized carbons (Fsp3) is 0.207. The van der Waals surface area contributed by atoms with E-state index in [9.17, 15) is 18.0 Å². The fourth-order valence-electron chi connectivity index (χ4n) is 4.64. The average Bonchev–Trinajstić information content (AvgIpc) is 2.96. The van der Waals surface area contributed by atoms with Gasteiger partial charge in [-0.25, -0.2) is 27.5 Å². The number of alkyl halides is 3. The summed E-state index contributed by atoms with van der Waals surface area (Å²) in [4.78, 5) is 23.1. The van der Waals surface area contributed by atoms with Gasteiger partial charge in [-0.3, -0.25) is 9.69 Å². The van der Waals surface area contributed by atoms with E-state index >= 15 is 4.39 Å². The van der Waals surface area contributed by atoms with Crippen LogP contribution in [0.25, 0.3) is 22.0 Å². The molecule has 0 radical (unpaired) electrons. The van der Waals surface area contributed by atoms with Crippen LogP contribution >= 0.6 is 0 Å². The molecule has 0 spiro atoms. The molecule has 1 aliphatic heterocycles. The number of benzene rings is 3. The number of carbonyl (C=O) groups is 1. The van der Waals surface area contributed by atoms with Gasteiger partial charge in [0.2, 0.25) is 24.4 Å². The topological polar surface area (TPSA) is 73.4 Å². The van der Waals surface area contributed by atoms with Crippen LogP contribution in [0.2, 0.25) is 0 Å². The quantitative estimate of drug-likeness (QED) is 0.160. The number of rotatable bonds is 8. The lowest BCUT2D eigenvalue weighted by molar-refractivity contribution is -0.111. The highest BCUT2D eigenvalue weighted by molar-refractivity contribution is 6.00. The van der Waals surface area contributed by atoms with Crippen molar-refractivity contribution in [1.82, 2.24) is 14.9 Å². The number of halogens is 4. The summed E-state index contributed by atoms with van der Waals surface area (Å²) in [7, 11) is 0. The molecule has 2 atom stereocenters. The van der Waals surface area contributed by atoms with Gasteiger partial charge in [-0.1, -0.05) is 18.7 Å². The van der Waals surface area contributed by atoms with E-state index in [1.54, 1.807) is 60.8 Å². The van der Waals surface area contributed by atoms with Gasteiger partial charge in [0.15, 0.2) is 0 Å². The minimum atomic E-state index is -1.92. The van der Waals surface area contributed by atoms with Crippen molar-refractivity contribution in [2.45, 2.75) is 12.6 Å². The molecule has 4 aromatic rings. The van der Waals surface area contributed by atoms with E-state index in [0.29, 0.717) is 33.5 Å². The molecular weight excluding hydrogens is 524 g/mol. The zero-order valence-electron chi connectivity index (χ0n) is 21.3. The van der Waals surface area contributed by atoms with Crippen molar-refractivity contribution in [2.75, 3.05) is 41.8 Å². The third-order valence-corrected chi connectivity index (χ3v) is 6.63. The second kappa shape index (κ2) is 11.7. The molecule has 1 saturated heterocycles. The highest BCUT2D eigenvalue weighted by Gasteiger charge is 2.36. The van der Waals surface area contributed by atoms with E-state index in [4.69, 9.17) is 0 Å². The minimum Gasteiger partial charge on any atom is -0.337 e. The van der Waals surface area contributed by atoms with Gasteiger partial charge in [0.05, 0.1) is 5.52 Å². The van der Waals surface area contributed by atoms with Crippen LogP contribution in [0.3, 0.4) is 0 Å². The average molecular weight is 551 g/mol. The first-order chi connectivity index (χ1) is 19.4. The number of fused-ring (bicyclic) bond motifs is 1. The van der Waals surface area contributed by atoms with E-state index in [1.165, 1.54) is 11.0 Å². The normalized spacial score (nSPS) is 17.6. The van der Waals surface area contributed by atoms with E-state index < -0.39 is 25.1 Å². The molecular formula is C29H26F4N6O. The molecule has 3 aromatic carbocycles. The summed E-state index contributed by atoms with van der Waals surface area (Å²) < 4.78 is 56.8. The number of anilines is 4. The number of nitrogens with zero attached hydrogens (tertiary/aromatic N) is 4. The monoisotopic (exact) mass is 550 g/mol. The molecule has 11 heteroatoms. The SMILES string of the molecule is C=CC(=O)Nc1cccc(-c2c(F)ccc3cnc(Nc4ccc(N5CCN(CCF)C(F)C5F)cc4)nc23)c1. The van der Waals surface area contributed by atoms with Crippen LogP contribution in [0.4, 0.5) is 40.6 Å². The summed E-state index contributed by atoms with van der Waals surface area (Å²) in [5.74, 6) is -0.677. The lowest BCUT2D eigenvalue weighted by Gasteiger charge is -2.40. The van der Waals surface area contributed by atoms with Crippen LogP contribution in [-0.4, -0.2) is 59.7 Å².